The van der Waals surface area contributed by atoms with E-state index in [9.17, 15) is 48.2 Å². The predicted molar refractivity (Wildman–Crippen MR) is 162 cm³/mol. The highest BCUT2D eigenvalue weighted by Crippen LogP contribution is 2.37. The molecule has 0 saturated carbocycles. The van der Waals surface area contributed by atoms with Crippen LogP contribution < -0.4 is 27.0 Å². The van der Waals surface area contributed by atoms with Crippen LogP contribution in [0.4, 0.5) is 0 Å². The van der Waals surface area contributed by atoms with E-state index >= 15 is 0 Å². The van der Waals surface area contributed by atoms with Gasteiger partial charge in [0.2, 0.25) is 35.4 Å². The smallest absolute Gasteiger partial charge is 0.325 e. The summed E-state index contributed by atoms with van der Waals surface area (Å²) in [6.07, 6.45) is 3.13. The molecule has 1 aliphatic rings. The summed E-state index contributed by atoms with van der Waals surface area (Å²) < 4.78 is 11.4. The van der Waals surface area contributed by atoms with Gasteiger partial charge < -0.3 is 51.8 Å². The lowest BCUT2D eigenvalue weighted by Gasteiger charge is -2.28. The van der Waals surface area contributed by atoms with Crippen molar-refractivity contribution in [1.29, 1.82) is 0 Å². The molecule has 1 saturated heterocycles. The van der Waals surface area contributed by atoms with Crippen molar-refractivity contribution in [1.82, 2.24) is 36.1 Å². The largest absolute Gasteiger partial charge is 0.394 e. The number of primary amides is 1. The van der Waals surface area contributed by atoms with Gasteiger partial charge in [-0.25, -0.2) is 4.98 Å². The average Bonchev–Trinajstić information content (AvgIpc) is 3.64. The number of hydrogen-bond donors (Lipinski definition) is 9. The second kappa shape index (κ2) is 17.2. The first-order valence-corrected chi connectivity index (χ1v) is 16.6. The Morgan fingerprint density at radius 1 is 1.02 bits per heavy atom. The van der Waals surface area contributed by atoms with Crippen LogP contribution in [0.3, 0.4) is 0 Å². The van der Waals surface area contributed by atoms with Gasteiger partial charge in [0.1, 0.15) is 30.2 Å². The third-order valence-corrected chi connectivity index (χ3v) is 8.48. The number of aromatic amines is 1. The van der Waals surface area contributed by atoms with Crippen molar-refractivity contribution in [3.63, 3.8) is 0 Å². The van der Waals surface area contributed by atoms with Gasteiger partial charge in [-0.1, -0.05) is 20.8 Å². The van der Waals surface area contributed by atoms with Crippen molar-refractivity contribution in [3.8, 4) is 0 Å². The second-order valence-corrected chi connectivity index (χ2v) is 13.6. The Bertz CT molecular complexity index is 1290. The maximum Gasteiger partial charge on any atom is 0.325 e. The molecule has 2 heterocycles. The number of aliphatic hydroxyl groups excluding tert-OH is 1. The third-order valence-electron chi connectivity index (χ3n) is 7.43. The van der Waals surface area contributed by atoms with Gasteiger partial charge >= 0.3 is 7.60 Å². The molecule has 0 aliphatic carbocycles. The summed E-state index contributed by atoms with van der Waals surface area (Å²) in [6, 6.07) is -6.35. The number of nitrogens with one attached hydrogen (secondary N) is 5. The Hall–Kier alpha value is -3.86. The van der Waals surface area contributed by atoms with E-state index in [1.807, 2.05) is 13.8 Å². The van der Waals surface area contributed by atoms with E-state index in [0.717, 1.165) is 0 Å². The topological polar surface area (TPSA) is 286 Å². The van der Waals surface area contributed by atoms with Gasteiger partial charge in [0.15, 0.2) is 0 Å². The van der Waals surface area contributed by atoms with E-state index in [4.69, 9.17) is 5.73 Å². The molecule has 0 aromatic carbocycles. The van der Waals surface area contributed by atoms with Crippen molar-refractivity contribution in [2.24, 2.45) is 17.6 Å². The average molecular weight is 673 g/mol. The quantitative estimate of drug-likeness (QED) is 0.0764. The first-order valence-electron chi connectivity index (χ1n) is 14.8. The monoisotopic (exact) mass is 672 g/mol. The maximum absolute atomic E-state index is 13.5. The van der Waals surface area contributed by atoms with E-state index in [1.165, 1.54) is 31.3 Å². The second-order valence-electron chi connectivity index (χ2n) is 11.9. The van der Waals surface area contributed by atoms with Gasteiger partial charge in [0.25, 0.3) is 0 Å². The van der Waals surface area contributed by atoms with Gasteiger partial charge in [-0.15, -0.1) is 0 Å². The Balaban J connectivity index is 2.23. The van der Waals surface area contributed by atoms with Crippen LogP contribution in [-0.2, 0) is 39.8 Å². The lowest BCUT2D eigenvalue weighted by molar-refractivity contribution is -0.138. The number of amides is 6. The number of carbonyl (C=O) groups excluding carboxylic acids is 6. The number of aromatic nitrogens is 2. The molecule has 0 spiro atoms. The molecule has 46 heavy (non-hydrogen) atoms. The summed E-state index contributed by atoms with van der Waals surface area (Å²) in [7, 11) is -4.58. The first-order chi connectivity index (χ1) is 21.4. The summed E-state index contributed by atoms with van der Waals surface area (Å²) in [5.41, 5.74) is 5.75. The Morgan fingerprint density at radius 2 is 1.63 bits per heavy atom. The lowest BCUT2D eigenvalue weighted by atomic mass is 10.0. The highest BCUT2D eigenvalue weighted by atomic mass is 31.2. The lowest BCUT2D eigenvalue weighted by Crippen LogP contribution is -2.60. The van der Waals surface area contributed by atoms with Crippen molar-refractivity contribution in [3.05, 3.63) is 18.2 Å². The maximum atomic E-state index is 13.5. The molecule has 10 N–H and O–H groups in total. The Morgan fingerprint density at radius 3 is 2.15 bits per heavy atom. The van der Waals surface area contributed by atoms with Crippen LogP contribution >= 0.6 is 7.60 Å². The zero-order valence-electron chi connectivity index (χ0n) is 26.3. The normalized spacial score (nSPS) is 18.2. The minimum atomic E-state index is -4.58. The van der Waals surface area contributed by atoms with Crippen LogP contribution in [0.1, 0.15) is 52.7 Å². The van der Waals surface area contributed by atoms with Gasteiger partial charge in [-0.3, -0.25) is 33.3 Å². The summed E-state index contributed by atoms with van der Waals surface area (Å²) in [5, 5.41) is 19.7. The van der Waals surface area contributed by atoms with Gasteiger partial charge in [-0.05, 0) is 31.1 Å². The summed E-state index contributed by atoms with van der Waals surface area (Å²) >= 11 is 0. The highest BCUT2D eigenvalue weighted by molar-refractivity contribution is 7.51. The molecule has 6 amide bonds. The standard InChI is InChI=1S/C27H45N8O10P/c1-14(2)8-18(32-27(42)21-6-5-7-35(21)16(4)37)24(39)31-19(9-17-10-29-13-30-17)25(40)33-20(11-36)26(41)34-22(23(28)38)15(3)12-46(43,44)45/h10,13-15,18-22,36H,5-9,11-12H2,1-4H3,(H2,28,38)(H,29,30)(H,31,39)(H,32,42)(H,33,40)(H,34,41)(H2,43,44,45)/t15-,18-,19-,20-,21-,22-/m0/s1. The summed E-state index contributed by atoms with van der Waals surface area (Å²) in [5.74, 6) is -5.70. The number of nitrogens with two attached hydrogens (primary N) is 1. The zero-order valence-corrected chi connectivity index (χ0v) is 27.2. The van der Waals surface area contributed by atoms with Crippen molar-refractivity contribution in [2.45, 2.75) is 83.6 Å². The van der Waals surface area contributed by atoms with Crippen molar-refractivity contribution >= 4 is 43.0 Å². The van der Waals surface area contributed by atoms with Gasteiger partial charge in [-0.2, -0.15) is 0 Å². The molecule has 1 fully saturated rings. The van der Waals surface area contributed by atoms with Gasteiger partial charge in [0.05, 0.1) is 19.1 Å². The SMILES string of the molecule is CC(=O)N1CCC[C@H]1C(=O)N[C@@H](CC(C)C)C(=O)N[C@@H](Cc1cnc[nH]1)C(=O)N[C@@H](CO)C(=O)N[C@H](C(N)=O)[C@@H](C)CP(=O)(O)O. The van der Waals surface area contributed by atoms with Crippen LogP contribution in [0, 0.1) is 11.8 Å². The summed E-state index contributed by atoms with van der Waals surface area (Å²) in [6.45, 7) is 5.80. The fourth-order valence-electron chi connectivity index (χ4n) is 5.18. The molecule has 1 aromatic heterocycles. The molecule has 1 aliphatic heterocycles. The van der Waals surface area contributed by atoms with E-state index in [1.54, 1.807) is 0 Å². The predicted octanol–water partition coefficient (Wildman–Crippen LogP) is -2.76. The molecular formula is C27H45N8O10P. The number of hydrogen-bond acceptors (Lipinski definition) is 9. The van der Waals surface area contributed by atoms with Gasteiger partial charge in [0, 0.05) is 31.8 Å². The van der Waals surface area contributed by atoms with Crippen LogP contribution in [0.25, 0.3) is 0 Å². The van der Waals surface area contributed by atoms with Crippen LogP contribution in [0.15, 0.2) is 12.5 Å². The summed E-state index contributed by atoms with van der Waals surface area (Å²) in [4.78, 5) is 104. The minimum absolute atomic E-state index is 0.0583. The highest BCUT2D eigenvalue weighted by Gasteiger charge is 2.37. The van der Waals surface area contributed by atoms with Crippen LogP contribution in [-0.4, -0.2) is 115 Å². The number of rotatable bonds is 17. The number of carbonyl (C=O) groups is 6. The molecule has 18 nitrogen and oxygen atoms in total. The molecule has 2 rings (SSSR count). The van der Waals surface area contributed by atoms with E-state index < -0.39 is 86.0 Å². The first kappa shape index (κ1) is 38.3. The Kier molecular flexibility index (Phi) is 14.3. The molecule has 0 bridgehead atoms. The fourth-order valence-corrected chi connectivity index (χ4v) is 6.14. The molecule has 258 valence electrons. The molecular weight excluding hydrogens is 627 g/mol. The molecule has 0 unspecified atom stereocenters. The van der Waals surface area contributed by atoms with E-state index in [0.29, 0.717) is 25.1 Å². The Labute approximate surface area is 266 Å². The number of nitrogens with zero attached hydrogens (tertiary/aromatic N) is 2. The zero-order chi connectivity index (χ0) is 34.8. The minimum Gasteiger partial charge on any atom is -0.394 e. The number of imidazole rings is 1. The fraction of sp³-hybridized carbons (Fsp3) is 0.667. The van der Waals surface area contributed by atoms with Crippen molar-refractivity contribution < 1.29 is 48.2 Å². The van der Waals surface area contributed by atoms with Crippen molar-refractivity contribution in [2.75, 3.05) is 19.3 Å². The van der Waals surface area contributed by atoms with E-state index in [2.05, 4.69) is 31.2 Å². The number of aliphatic hydroxyl groups is 1. The molecule has 6 atom stereocenters. The van der Waals surface area contributed by atoms with E-state index in [-0.39, 0.29) is 24.7 Å². The molecule has 1 aromatic rings. The number of likely N-dealkylation sites (tertiary alicyclic amines) is 1. The van der Waals surface area contributed by atoms with Crippen LogP contribution in [0.5, 0.6) is 0 Å². The number of H-pyrrole nitrogens is 1. The molecule has 19 heteroatoms. The molecule has 0 radical (unpaired) electrons. The third kappa shape index (κ3) is 11.8. The van der Waals surface area contributed by atoms with Crippen LogP contribution in [0.2, 0.25) is 0 Å².